The Balaban J connectivity index is 1.47. The number of carbonyl (C=O) groups is 1. The second-order valence-corrected chi connectivity index (χ2v) is 9.41. The Morgan fingerprint density at radius 2 is 1.83 bits per heavy atom. The molecule has 1 unspecified atom stereocenters. The molecule has 1 amide bonds. The Morgan fingerprint density at radius 3 is 2.55 bits per heavy atom. The van der Waals surface area contributed by atoms with Crippen LogP contribution in [-0.2, 0) is 14.6 Å². The zero-order chi connectivity index (χ0) is 20.6. The van der Waals surface area contributed by atoms with Gasteiger partial charge in [0.05, 0.1) is 23.7 Å². The van der Waals surface area contributed by atoms with Crippen molar-refractivity contribution in [3.63, 3.8) is 0 Å². The molecule has 29 heavy (non-hydrogen) atoms. The number of benzene rings is 2. The van der Waals surface area contributed by atoms with E-state index in [4.69, 9.17) is 4.74 Å². The van der Waals surface area contributed by atoms with E-state index in [0.717, 1.165) is 5.69 Å². The standard InChI is InChI=1S/C21H23FN2O4S/c1-28-19-14-15(6-7-18(19)22)23-9-11-24(12-10-23)21(25)17-8-13-29(26,27)20-5-3-2-4-16(17)20/h2-7,14,17H,8-13H2,1H3. The summed E-state index contributed by atoms with van der Waals surface area (Å²) in [5.41, 5.74) is 1.46. The van der Waals surface area contributed by atoms with Gasteiger partial charge in [-0.25, -0.2) is 12.8 Å². The number of ether oxygens (including phenoxy) is 1. The summed E-state index contributed by atoms with van der Waals surface area (Å²) in [7, 11) is -1.88. The van der Waals surface area contributed by atoms with Crippen molar-refractivity contribution >= 4 is 21.4 Å². The highest BCUT2D eigenvalue weighted by atomic mass is 32.2. The molecule has 1 fully saturated rings. The lowest BCUT2D eigenvalue weighted by molar-refractivity contribution is -0.133. The average Bonchev–Trinajstić information content (AvgIpc) is 2.74. The Morgan fingerprint density at radius 1 is 1.10 bits per heavy atom. The van der Waals surface area contributed by atoms with E-state index in [0.29, 0.717) is 38.2 Å². The number of fused-ring (bicyclic) bond motifs is 1. The van der Waals surface area contributed by atoms with Crippen LogP contribution in [0.2, 0.25) is 0 Å². The van der Waals surface area contributed by atoms with E-state index in [1.54, 1.807) is 41.3 Å². The average molecular weight is 418 g/mol. The molecule has 2 aromatic carbocycles. The third kappa shape index (κ3) is 3.69. The molecule has 0 aromatic heterocycles. The lowest BCUT2D eigenvalue weighted by Crippen LogP contribution is -2.50. The van der Waals surface area contributed by atoms with Gasteiger partial charge in [-0.2, -0.15) is 0 Å². The first-order valence-corrected chi connectivity index (χ1v) is 11.2. The quantitative estimate of drug-likeness (QED) is 0.766. The van der Waals surface area contributed by atoms with Gasteiger partial charge >= 0.3 is 0 Å². The fourth-order valence-corrected chi connectivity index (χ4v) is 5.72. The first kappa shape index (κ1) is 19.7. The molecule has 0 spiro atoms. The molecule has 0 radical (unpaired) electrons. The van der Waals surface area contributed by atoms with Crippen LogP contribution in [0.3, 0.4) is 0 Å². The van der Waals surface area contributed by atoms with Crippen LogP contribution in [0, 0.1) is 5.82 Å². The summed E-state index contributed by atoms with van der Waals surface area (Å²) in [6, 6.07) is 11.6. The summed E-state index contributed by atoms with van der Waals surface area (Å²) in [5, 5.41) is 0. The zero-order valence-electron chi connectivity index (χ0n) is 16.2. The number of carbonyl (C=O) groups excluding carboxylic acids is 1. The van der Waals surface area contributed by atoms with Crippen molar-refractivity contribution in [1.82, 2.24) is 4.90 Å². The van der Waals surface area contributed by atoms with Gasteiger partial charge in [0.25, 0.3) is 0 Å². The molecule has 2 aliphatic rings. The van der Waals surface area contributed by atoms with Gasteiger partial charge in [0.2, 0.25) is 5.91 Å². The summed E-state index contributed by atoms with van der Waals surface area (Å²) >= 11 is 0. The van der Waals surface area contributed by atoms with Crippen molar-refractivity contribution in [1.29, 1.82) is 0 Å². The molecule has 0 aliphatic carbocycles. The molecule has 4 rings (SSSR count). The molecule has 2 aromatic rings. The summed E-state index contributed by atoms with van der Waals surface area (Å²) in [6.45, 7) is 2.30. The van der Waals surface area contributed by atoms with Gasteiger partial charge in [0, 0.05) is 37.9 Å². The molecule has 8 heteroatoms. The molecule has 0 saturated carbocycles. The Hall–Kier alpha value is -2.61. The summed E-state index contributed by atoms with van der Waals surface area (Å²) in [6.07, 6.45) is 0.313. The molecular weight excluding hydrogens is 395 g/mol. The second kappa shape index (κ2) is 7.67. The highest BCUT2D eigenvalue weighted by Gasteiger charge is 2.36. The van der Waals surface area contributed by atoms with E-state index in [1.165, 1.54) is 13.2 Å². The zero-order valence-corrected chi connectivity index (χ0v) is 17.0. The summed E-state index contributed by atoms with van der Waals surface area (Å²) in [5.74, 6) is -0.664. The number of piperazine rings is 1. The predicted octanol–water partition coefficient (Wildman–Crippen LogP) is 2.44. The Kier molecular flexibility index (Phi) is 5.21. The van der Waals surface area contributed by atoms with Crippen molar-refractivity contribution in [3.05, 3.63) is 53.8 Å². The van der Waals surface area contributed by atoms with Gasteiger partial charge in [-0.05, 0) is 30.2 Å². The van der Waals surface area contributed by atoms with Crippen LogP contribution in [0.4, 0.5) is 10.1 Å². The number of halogens is 1. The number of hydrogen-bond acceptors (Lipinski definition) is 5. The van der Waals surface area contributed by atoms with E-state index < -0.39 is 21.6 Å². The Bertz CT molecular complexity index is 1030. The van der Waals surface area contributed by atoms with Crippen LogP contribution in [-0.4, -0.2) is 58.3 Å². The maximum Gasteiger partial charge on any atom is 0.230 e. The van der Waals surface area contributed by atoms with Gasteiger partial charge in [-0.15, -0.1) is 0 Å². The first-order chi connectivity index (χ1) is 13.9. The first-order valence-electron chi connectivity index (χ1n) is 9.59. The van der Waals surface area contributed by atoms with Gasteiger partial charge in [-0.1, -0.05) is 18.2 Å². The third-order valence-electron chi connectivity index (χ3n) is 5.69. The summed E-state index contributed by atoms with van der Waals surface area (Å²) < 4.78 is 43.3. The molecular formula is C21H23FN2O4S. The number of methoxy groups -OCH3 is 1. The van der Waals surface area contributed by atoms with E-state index in [1.807, 2.05) is 0 Å². The fourth-order valence-electron chi connectivity index (χ4n) is 4.10. The van der Waals surface area contributed by atoms with Crippen molar-refractivity contribution in [2.75, 3.05) is 43.9 Å². The molecule has 0 bridgehead atoms. The van der Waals surface area contributed by atoms with Crippen LogP contribution in [0.15, 0.2) is 47.4 Å². The largest absolute Gasteiger partial charge is 0.494 e. The SMILES string of the molecule is COc1cc(N2CCN(C(=O)C3CCS(=O)(=O)c4ccccc43)CC2)ccc1F. The van der Waals surface area contributed by atoms with Gasteiger partial charge in [0.1, 0.15) is 0 Å². The minimum atomic E-state index is -3.32. The number of rotatable bonds is 3. The van der Waals surface area contributed by atoms with Crippen LogP contribution in [0.1, 0.15) is 17.9 Å². The van der Waals surface area contributed by atoms with Crippen molar-refractivity contribution in [3.8, 4) is 5.75 Å². The molecule has 1 atom stereocenters. The van der Waals surface area contributed by atoms with Crippen molar-refractivity contribution < 1.29 is 22.3 Å². The number of amides is 1. The lowest BCUT2D eigenvalue weighted by atomic mass is 9.94. The van der Waals surface area contributed by atoms with Crippen LogP contribution in [0.25, 0.3) is 0 Å². The smallest absolute Gasteiger partial charge is 0.230 e. The fraction of sp³-hybridized carbons (Fsp3) is 0.381. The molecule has 2 heterocycles. The number of anilines is 1. The molecule has 1 saturated heterocycles. The van der Waals surface area contributed by atoms with Crippen molar-refractivity contribution in [2.24, 2.45) is 0 Å². The molecule has 6 nitrogen and oxygen atoms in total. The second-order valence-electron chi connectivity index (χ2n) is 7.33. The topological polar surface area (TPSA) is 66.9 Å². The predicted molar refractivity (Wildman–Crippen MR) is 108 cm³/mol. The van der Waals surface area contributed by atoms with Crippen LogP contribution in [0.5, 0.6) is 5.75 Å². The summed E-state index contributed by atoms with van der Waals surface area (Å²) in [4.78, 5) is 17.3. The maximum atomic E-state index is 13.6. The minimum absolute atomic E-state index is 0.00421. The highest BCUT2D eigenvalue weighted by molar-refractivity contribution is 7.91. The van der Waals surface area contributed by atoms with E-state index >= 15 is 0 Å². The van der Waals surface area contributed by atoms with Gasteiger partial charge < -0.3 is 14.5 Å². The highest BCUT2D eigenvalue weighted by Crippen LogP contribution is 2.35. The van der Waals surface area contributed by atoms with E-state index in [2.05, 4.69) is 4.90 Å². The molecule has 0 N–H and O–H groups in total. The number of sulfone groups is 1. The van der Waals surface area contributed by atoms with E-state index in [-0.39, 0.29) is 22.3 Å². The van der Waals surface area contributed by atoms with Gasteiger partial charge in [0.15, 0.2) is 21.4 Å². The van der Waals surface area contributed by atoms with Crippen LogP contribution >= 0.6 is 0 Å². The lowest BCUT2D eigenvalue weighted by Gasteiger charge is -2.38. The Labute approximate surface area is 169 Å². The minimum Gasteiger partial charge on any atom is -0.494 e. The number of hydrogen-bond donors (Lipinski definition) is 0. The molecule has 2 aliphatic heterocycles. The van der Waals surface area contributed by atoms with E-state index in [9.17, 15) is 17.6 Å². The van der Waals surface area contributed by atoms with Crippen LogP contribution < -0.4 is 9.64 Å². The van der Waals surface area contributed by atoms with Crippen molar-refractivity contribution in [2.45, 2.75) is 17.2 Å². The number of nitrogens with zero attached hydrogens (tertiary/aromatic N) is 2. The maximum absolute atomic E-state index is 13.6. The monoisotopic (exact) mass is 418 g/mol. The normalized spacial score (nSPS) is 20.8. The van der Waals surface area contributed by atoms with Gasteiger partial charge in [-0.3, -0.25) is 4.79 Å². The third-order valence-corrected chi connectivity index (χ3v) is 7.51. The molecule has 154 valence electrons.